The van der Waals surface area contributed by atoms with E-state index in [2.05, 4.69) is 221 Å². The second-order valence-corrected chi connectivity index (χ2v) is 37.7. The summed E-state index contributed by atoms with van der Waals surface area (Å²) >= 11 is 1.45. The molecule has 0 bridgehead atoms. The lowest BCUT2D eigenvalue weighted by atomic mass is 9.87. The first-order valence-electron chi connectivity index (χ1n) is 47.3. The molecule has 45 nitrogen and oxygen atoms in total. The van der Waals surface area contributed by atoms with E-state index in [0.717, 1.165) is 40.7 Å². The summed E-state index contributed by atoms with van der Waals surface area (Å²) in [6, 6.07) is 44.5. The largest absolute Gasteiger partial charge is 0.423 e. The molecule has 20 rings (SSSR count). The monoisotopic (exact) mass is 2030 g/mol. The lowest BCUT2D eigenvalue weighted by Gasteiger charge is -2.18. The van der Waals surface area contributed by atoms with Crippen LogP contribution in [0.15, 0.2) is 242 Å². The standard InChI is InChI=1S/C19H20N6O2S.4C17H19N5O2.C16H14N6O3/c1-19(2,3)11-5-6-12-13(7-11)28-18(22-12)23-14(26)9-25-10-21-16-17(25)20-8-15(27)24(16)4;1-11(2)12-4-6-13(7-5-12)20-14(23)9-22-10-19-16-17(22)18-8-15(24)21(16)3;3*1-12-3-5-13(6-4-12)7-8-18-14(23)10-22-11-20-16-17(22)19-9-15(24)21(16)2;1-9-3-4-10-11(5-9)25-16(19-10)20-12(23)7-22-8-18-14-15(22)17-6-13(24)21(14)2/h5-8,10H,9H2,1-4H3,(H,22,23,26);4-8,10-11H,9H2,1-3H3,(H,20,23);3*3-6,9,11H,7-8,10H2,1-2H3,(H,18,23);3-6,8H,7H2,1-2H3,(H,19,20,23). The summed E-state index contributed by atoms with van der Waals surface area (Å²) in [4.78, 5) is 201. The van der Waals surface area contributed by atoms with Crippen LogP contribution in [0.2, 0.25) is 0 Å². The van der Waals surface area contributed by atoms with Crippen molar-refractivity contribution in [2.45, 2.75) is 132 Å². The van der Waals surface area contributed by atoms with E-state index in [0.29, 0.717) is 110 Å². The van der Waals surface area contributed by atoms with Gasteiger partial charge in [0.15, 0.2) is 78.5 Å². The van der Waals surface area contributed by atoms with Gasteiger partial charge in [0, 0.05) is 67.6 Å². The molecule has 0 aliphatic carbocycles. The Kier molecular flexibility index (Phi) is 32.8. The van der Waals surface area contributed by atoms with Crippen LogP contribution < -0.4 is 65.3 Å². The third kappa shape index (κ3) is 26.2. The molecule has 0 saturated heterocycles. The topological polar surface area (TPSA) is 530 Å². The van der Waals surface area contributed by atoms with Gasteiger partial charge in [0.05, 0.1) is 85.4 Å². The number of carbonyl (C=O) groups excluding carboxylic acids is 6. The Balaban J connectivity index is 0.000000134. The van der Waals surface area contributed by atoms with E-state index in [-0.39, 0.29) is 119 Å². The first kappa shape index (κ1) is 105. The van der Waals surface area contributed by atoms with Crippen molar-refractivity contribution in [3.8, 4) is 0 Å². The molecular formula is C103H110N32O13S. The van der Waals surface area contributed by atoms with Crippen molar-refractivity contribution in [1.82, 2.24) is 141 Å². The number of anilines is 3. The number of imidazole rings is 6. The molecule has 6 amide bonds. The molecule has 0 unspecified atom stereocenters. The van der Waals surface area contributed by atoms with Crippen LogP contribution in [0.25, 0.3) is 89.1 Å². The second kappa shape index (κ2) is 46.5. The highest BCUT2D eigenvalue weighted by Gasteiger charge is 2.22. The molecule has 0 aliphatic rings. The summed E-state index contributed by atoms with van der Waals surface area (Å²) in [6.07, 6.45) is 18.7. The molecule has 46 heteroatoms. The molecule has 14 aromatic heterocycles. The highest BCUT2D eigenvalue weighted by atomic mass is 32.1. The number of fused-ring (bicyclic) bond motifs is 8. The van der Waals surface area contributed by atoms with Gasteiger partial charge in [0.1, 0.15) is 44.8 Å². The minimum Gasteiger partial charge on any atom is -0.423 e. The van der Waals surface area contributed by atoms with Crippen LogP contribution in [0.3, 0.4) is 0 Å². The predicted molar refractivity (Wildman–Crippen MR) is 564 cm³/mol. The van der Waals surface area contributed by atoms with Gasteiger partial charge < -0.3 is 58.4 Å². The highest BCUT2D eigenvalue weighted by molar-refractivity contribution is 7.22. The van der Waals surface area contributed by atoms with Gasteiger partial charge in [-0.25, -0.2) is 64.8 Å². The van der Waals surface area contributed by atoms with Gasteiger partial charge >= 0.3 is 6.01 Å². The zero-order chi connectivity index (χ0) is 106. The minimum atomic E-state index is -0.335. The number of carbonyl (C=O) groups is 6. The van der Waals surface area contributed by atoms with E-state index < -0.39 is 0 Å². The van der Waals surface area contributed by atoms with Gasteiger partial charge in [-0.15, -0.1) is 0 Å². The maximum Gasteiger partial charge on any atom is 0.302 e. The molecule has 6 aromatic carbocycles. The SMILES string of the molecule is CC(C)c1ccc(NC(=O)Cn2cnc3c2ncc(=O)n3C)cc1.Cc1ccc(CCNC(=O)Cn2cnc3c2ncc(=O)n3C)cc1.Cc1ccc(CCNC(=O)Cn2cnc3c2ncc(=O)n3C)cc1.Cc1ccc(CCNC(=O)Cn2cnc3c2ncc(=O)n3C)cc1.Cc1ccc2nc(NC(=O)Cn3cnc4c3ncc(=O)n4C)oc2c1.Cn1c(=O)cnc2c1ncn2CC(=O)Nc1nc2ccc(C(C)(C)C)cc2s1. The van der Waals surface area contributed by atoms with Gasteiger partial charge in [-0.1, -0.05) is 160 Å². The molecule has 149 heavy (non-hydrogen) atoms. The number of hydrogen-bond acceptors (Lipinski definition) is 28. The van der Waals surface area contributed by atoms with Crippen molar-refractivity contribution in [1.29, 1.82) is 0 Å². The maximum absolute atomic E-state index is 12.5. The van der Waals surface area contributed by atoms with Crippen LogP contribution in [0.1, 0.15) is 90.6 Å². The Labute approximate surface area is 852 Å². The molecule has 0 spiro atoms. The zero-order valence-electron chi connectivity index (χ0n) is 84.5. The van der Waals surface area contributed by atoms with Gasteiger partial charge in [0.2, 0.25) is 35.4 Å². The van der Waals surface area contributed by atoms with Crippen molar-refractivity contribution in [2.75, 3.05) is 35.6 Å². The van der Waals surface area contributed by atoms with Crippen LogP contribution >= 0.6 is 11.3 Å². The Morgan fingerprint density at radius 3 is 0.940 bits per heavy atom. The number of benzene rings is 6. The van der Waals surface area contributed by atoms with E-state index in [4.69, 9.17) is 4.42 Å². The Morgan fingerprint density at radius 2 is 0.624 bits per heavy atom. The summed E-state index contributed by atoms with van der Waals surface area (Å²) in [5.41, 5.74) is 17.9. The molecule has 0 fully saturated rings. The molecule has 0 atom stereocenters. The summed E-state index contributed by atoms with van der Waals surface area (Å²) in [5, 5.41) is 17.5. The third-order valence-corrected chi connectivity index (χ3v) is 25.0. The number of aromatic nitrogens is 26. The first-order chi connectivity index (χ1) is 71.3. The van der Waals surface area contributed by atoms with Crippen molar-refractivity contribution < 1.29 is 33.2 Å². The number of nitrogens with zero attached hydrogens (tertiary/aromatic N) is 26. The van der Waals surface area contributed by atoms with Crippen LogP contribution in [-0.4, -0.2) is 180 Å². The summed E-state index contributed by atoms with van der Waals surface area (Å²) in [6.45, 7) is 21.0. The molecule has 14 heterocycles. The fourth-order valence-electron chi connectivity index (χ4n) is 15.3. The molecule has 6 N–H and O–H groups in total. The Bertz CT molecular complexity index is 8370. The van der Waals surface area contributed by atoms with Crippen LogP contribution in [0.4, 0.5) is 16.8 Å². The first-order valence-corrected chi connectivity index (χ1v) is 48.1. The maximum atomic E-state index is 12.5. The van der Waals surface area contributed by atoms with Crippen LogP contribution in [-0.2, 0) is 135 Å². The van der Waals surface area contributed by atoms with E-state index in [1.807, 2.05) is 76.2 Å². The molecule has 766 valence electrons. The minimum absolute atomic E-state index is 0.0283. The predicted octanol–water partition coefficient (Wildman–Crippen LogP) is 8.18. The van der Waals surface area contributed by atoms with Gasteiger partial charge in [-0.05, 0) is 128 Å². The molecular weight excluding hydrogens is 1930 g/mol. The fourth-order valence-corrected chi connectivity index (χ4v) is 16.3. The number of nitrogens with one attached hydrogen (secondary N) is 6. The van der Waals surface area contributed by atoms with Crippen molar-refractivity contribution >= 4 is 153 Å². The molecule has 0 saturated carbocycles. The second-order valence-electron chi connectivity index (χ2n) is 36.7. The molecule has 20 aromatic rings. The number of hydrogen-bond donors (Lipinski definition) is 6. The van der Waals surface area contributed by atoms with Crippen molar-refractivity contribution in [3.63, 3.8) is 0 Å². The number of thiazole rings is 1. The van der Waals surface area contributed by atoms with Gasteiger partial charge in [-0.3, -0.25) is 90.3 Å². The van der Waals surface area contributed by atoms with Gasteiger partial charge in [-0.2, -0.15) is 4.98 Å². The number of rotatable bonds is 25. The smallest absolute Gasteiger partial charge is 0.302 e. The van der Waals surface area contributed by atoms with Crippen LogP contribution in [0.5, 0.6) is 0 Å². The van der Waals surface area contributed by atoms with Gasteiger partial charge in [0.25, 0.3) is 33.4 Å². The summed E-state index contributed by atoms with van der Waals surface area (Å²) in [7, 11) is 9.74. The van der Waals surface area contributed by atoms with Crippen molar-refractivity contribution in [2.24, 2.45) is 42.3 Å². The summed E-state index contributed by atoms with van der Waals surface area (Å²) in [5.74, 6) is -0.637. The highest BCUT2D eigenvalue weighted by Crippen LogP contribution is 2.32. The lowest BCUT2D eigenvalue weighted by molar-refractivity contribution is -0.122. The Morgan fingerprint density at radius 1 is 0.329 bits per heavy atom. The normalized spacial score (nSPS) is 11.2. The quantitative estimate of drug-likeness (QED) is 0.0314. The van der Waals surface area contributed by atoms with E-state index in [9.17, 15) is 57.5 Å². The fraction of sp³-hybridized carbons (Fsp3) is 0.282. The molecule has 0 aliphatic heterocycles. The van der Waals surface area contributed by atoms with E-state index in [1.54, 1.807) is 69.7 Å². The lowest BCUT2D eigenvalue weighted by Crippen LogP contribution is -2.29. The average Bonchev–Trinajstić information content (AvgIpc) is 2.02. The Hall–Kier alpha value is -18.4. The third-order valence-electron chi connectivity index (χ3n) is 24.0. The number of aryl methyl sites for hydroxylation is 10. The average molecular weight is 2040 g/mol. The van der Waals surface area contributed by atoms with E-state index >= 15 is 0 Å². The number of oxazole rings is 1. The summed E-state index contributed by atoms with van der Waals surface area (Å²) < 4.78 is 24.7. The molecule has 0 radical (unpaired) electrons. The van der Waals surface area contributed by atoms with Crippen molar-refractivity contribution in [3.05, 3.63) is 321 Å². The number of amides is 6. The van der Waals surface area contributed by atoms with E-state index in [1.165, 1.54) is 158 Å². The zero-order valence-corrected chi connectivity index (χ0v) is 85.4. The van der Waals surface area contributed by atoms with Crippen LogP contribution in [0, 0.1) is 27.7 Å².